The van der Waals surface area contributed by atoms with Crippen LogP contribution in [0.25, 0.3) is 0 Å². The lowest BCUT2D eigenvalue weighted by Gasteiger charge is -1.99. The second kappa shape index (κ2) is 2.69. The summed E-state index contributed by atoms with van der Waals surface area (Å²) in [7, 11) is 0. The number of alkyl halides is 3. The maximum Gasteiger partial charge on any atom is 0.389 e. The first-order chi connectivity index (χ1) is 3.56. The quantitative estimate of drug-likeness (QED) is 0.545. The maximum atomic E-state index is 11.1. The summed E-state index contributed by atoms with van der Waals surface area (Å²) in [4.78, 5) is 9.23. The molecule has 0 rings (SSSR count). The van der Waals surface area contributed by atoms with Crippen LogP contribution >= 0.6 is 0 Å². The summed E-state index contributed by atoms with van der Waals surface area (Å²) in [6, 6.07) is 0. The Morgan fingerprint density at radius 3 is 2.00 bits per heavy atom. The van der Waals surface area contributed by atoms with E-state index in [1.807, 2.05) is 0 Å². The molecule has 1 nitrogen and oxygen atoms in total. The SMILES string of the molecule is O=[C]CCC(F)(F)F. The molecular formula is C4H4F3O. The number of carbonyl (C=O) groups excluding carboxylic acids is 1. The minimum absolute atomic E-state index is 0.552. The minimum Gasteiger partial charge on any atom is -0.291 e. The molecule has 0 heterocycles. The van der Waals surface area contributed by atoms with Gasteiger partial charge in [-0.15, -0.1) is 0 Å². The number of hydrogen-bond donors (Lipinski definition) is 0. The van der Waals surface area contributed by atoms with Crippen LogP contribution < -0.4 is 0 Å². The zero-order valence-electron chi connectivity index (χ0n) is 3.96. The van der Waals surface area contributed by atoms with Crippen LogP contribution in [-0.2, 0) is 4.79 Å². The van der Waals surface area contributed by atoms with E-state index >= 15 is 0 Å². The van der Waals surface area contributed by atoms with Crippen LogP contribution in [0.2, 0.25) is 0 Å². The molecule has 0 bridgehead atoms. The summed E-state index contributed by atoms with van der Waals surface area (Å²) < 4.78 is 33.2. The Labute approximate surface area is 44.5 Å². The van der Waals surface area contributed by atoms with Gasteiger partial charge in [0, 0.05) is 6.42 Å². The van der Waals surface area contributed by atoms with Gasteiger partial charge in [0.05, 0.1) is 6.42 Å². The van der Waals surface area contributed by atoms with Crippen molar-refractivity contribution < 1.29 is 18.0 Å². The average molecular weight is 125 g/mol. The van der Waals surface area contributed by atoms with Gasteiger partial charge in [0.15, 0.2) is 6.29 Å². The van der Waals surface area contributed by atoms with Crippen LogP contribution in [0.1, 0.15) is 12.8 Å². The molecule has 8 heavy (non-hydrogen) atoms. The topological polar surface area (TPSA) is 17.1 Å². The van der Waals surface area contributed by atoms with E-state index in [0.717, 1.165) is 6.29 Å². The Kier molecular flexibility index (Phi) is 2.51. The van der Waals surface area contributed by atoms with E-state index in [1.165, 1.54) is 0 Å². The van der Waals surface area contributed by atoms with Crippen LogP contribution in [0, 0.1) is 0 Å². The molecule has 0 aromatic heterocycles. The second-order valence-corrected chi connectivity index (χ2v) is 1.26. The largest absolute Gasteiger partial charge is 0.389 e. The van der Waals surface area contributed by atoms with Gasteiger partial charge in [-0.1, -0.05) is 0 Å². The van der Waals surface area contributed by atoms with Gasteiger partial charge in [-0.2, -0.15) is 13.2 Å². The van der Waals surface area contributed by atoms with Crippen LogP contribution in [0.3, 0.4) is 0 Å². The molecule has 47 valence electrons. The molecule has 0 fully saturated rings. The van der Waals surface area contributed by atoms with Gasteiger partial charge in [0.2, 0.25) is 0 Å². The summed E-state index contributed by atoms with van der Waals surface area (Å²) in [5.74, 6) is 0. The molecule has 1 radical (unpaired) electrons. The molecule has 4 heteroatoms. The average Bonchev–Trinajstić information content (AvgIpc) is 1.59. The second-order valence-electron chi connectivity index (χ2n) is 1.26. The van der Waals surface area contributed by atoms with Crippen molar-refractivity contribution in [2.45, 2.75) is 19.0 Å². The van der Waals surface area contributed by atoms with Crippen LogP contribution in [0.5, 0.6) is 0 Å². The van der Waals surface area contributed by atoms with Gasteiger partial charge in [-0.3, -0.25) is 4.79 Å². The van der Waals surface area contributed by atoms with E-state index in [0.29, 0.717) is 0 Å². The zero-order chi connectivity index (χ0) is 6.62. The standard InChI is InChI=1S/C4H4F3O/c5-4(6,7)2-1-3-8/h1-2H2. The van der Waals surface area contributed by atoms with Crippen molar-refractivity contribution in [3.8, 4) is 0 Å². The molecule has 0 saturated carbocycles. The molecule has 0 unspecified atom stereocenters. The molecule has 0 aromatic rings. The molecule has 0 aliphatic rings. The van der Waals surface area contributed by atoms with Gasteiger partial charge in [-0.25, -0.2) is 0 Å². The maximum absolute atomic E-state index is 11.1. The summed E-state index contributed by atoms with van der Waals surface area (Å²) in [5.41, 5.74) is 0. The van der Waals surface area contributed by atoms with Crippen molar-refractivity contribution in [3.05, 3.63) is 0 Å². The minimum atomic E-state index is -4.21. The molecule has 0 aliphatic heterocycles. The lowest BCUT2D eigenvalue weighted by atomic mass is 10.3. The van der Waals surface area contributed by atoms with E-state index in [9.17, 15) is 18.0 Å². The first kappa shape index (κ1) is 7.46. The van der Waals surface area contributed by atoms with Gasteiger partial charge < -0.3 is 0 Å². The van der Waals surface area contributed by atoms with Crippen molar-refractivity contribution in [2.75, 3.05) is 0 Å². The molecule has 0 spiro atoms. The zero-order valence-corrected chi connectivity index (χ0v) is 3.96. The molecule has 0 N–H and O–H groups in total. The summed E-state index contributed by atoms with van der Waals surface area (Å²) in [5, 5.41) is 0. The molecule has 0 atom stereocenters. The van der Waals surface area contributed by atoms with Crippen molar-refractivity contribution in [3.63, 3.8) is 0 Å². The van der Waals surface area contributed by atoms with Gasteiger partial charge >= 0.3 is 6.18 Å². The summed E-state index contributed by atoms with van der Waals surface area (Å²) in [6.07, 6.45) is -4.67. The lowest BCUT2D eigenvalue weighted by molar-refractivity contribution is -0.132. The van der Waals surface area contributed by atoms with Crippen molar-refractivity contribution >= 4 is 6.29 Å². The molecular weight excluding hydrogens is 121 g/mol. The summed E-state index contributed by atoms with van der Waals surface area (Å²) in [6.45, 7) is 0. The monoisotopic (exact) mass is 125 g/mol. The van der Waals surface area contributed by atoms with E-state index < -0.39 is 19.0 Å². The normalized spacial score (nSPS) is 11.4. The van der Waals surface area contributed by atoms with E-state index in [4.69, 9.17) is 0 Å². The molecule has 0 amide bonds. The third-order valence-electron chi connectivity index (χ3n) is 0.511. The molecule has 0 saturated heterocycles. The van der Waals surface area contributed by atoms with Crippen molar-refractivity contribution in [2.24, 2.45) is 0 Å². The van der Waals surface area contributed by atoms with Crippen molar-refractivity contribution in [1.82, 2.24) is 0 Å². The molecule has 0 aliphatic carbocycles. The van der Waals surface area contributed by atoms with E-state index in [-0.39, 0.29) is 0 Å². The Morgan fingerprint density at radius 1 is 1.38 bits per heavy atom. The highest BCUT2D eigenvalue weighted by molar-refractivity contribution is 5.50. The lowest BCUT2D eigenvalue weighted by Crippen LogP contribution is -2.06. The highest BCUT2D eigenvalue weighted by Gasteiger charge is 2.25. The Morgan fingerprint density at radius 2 is 1.88 bits per heavy atom. The Bertz CT molecular complexity index is 75.8. The number of rotatable bonds is 2. The predicted octanol–water partition coefficient (Wildman–Crippen LogP) is 1.44. The van der Waals surface area contributed by atoms with E-state index in [2.05, 4.69) is 0 Å². The number of halogens is 3. The van der Waals surface area contributed by atoms with Gasteiger partial charge in [-0.05, 0) is 0 Å². The number of hydrogen-bond acceptors (Lipinski definition) is 1. The molecule has 0 aromatic carbocycles. The third-order valence-corrected chi connectivity index (χ3v) is 0.511. The first-order valence-corrected chi connectivity index (χ1v) is 1.98. The predicted molar refractivity (Wildman–Crippen MR) is 21.0 cm³/mol. The smallest absolute Gasteiger partial charge is 0.291 e. The Balaban J connectivity index is 3.24. The third kappa shape index (κ3) is 5.46. The fraction of sp³-hybridized carbons (Fsp3) is 0.750. The fourth-order valence-corrected chi connectivity index (χ4v) is 0.193. The van der Waals surface area contributed by atoms with Gasteiger partial charge in [0.1, 0.15) is 0 Å². The summed E-state index contributed by atoms with van der Waals surface area (Å²) >= 11 is 0. The Hall–Kier alpha value is -0.540. The first-order valence-electron chi connectivity index (χ1n) is 1.98. The van der Waals surface area contributed by atoms with E-state index in [1.54, 1.807) is 0 Å². The van der Waals surface area contributed by atoms with Crippen LogP contribution in [0.15, 0.2) is 0 Å². The van der Waals surface area contributed by atoms with Gasteiger partial charge in [0.25, 0.3) is 0 Å². The highest BCUT2D eigenvalue weighted by Crippen LogP contribution is 2.19. The fourth-order valence-electron chi connectivity index (χ4n) is 0.193. The van der Waals surface area contributed by atoms with Crippen molar-refractivity contribution in [1.29, 1.82) is 0 Å². The van der Waals surface area contributed by atoms with Crippen LogP contribution in [0.4, 0.5) is 13.2 Å². The highest BCUT2D eigenvalue weighted by atomic mass is 19.4. The van der Waals surface area contributed by atoms with Crippen LogP contribution in [-0.4, -0.2) is 12.5 Å².